The molecular weight excluding hydrogens is 1010 g/mol. The molecule has 23 heteroatoms. The topological polar surface area (TPSA) is 260 Å². The maximum Gasteiger partial charge on any atom is 0.320 e. The molecule has 0 radical (unpaired) electrons. The quantitative estimate of drug-likeness (QED) is 0.0665. The largest absolute Gasteiger partial charge is 0.480 e. The van der Waals surface area contributed by atoms with E-state index >= 15 is 0 Å². The molecule has 2 aliphatic rings. The summed E-state index contributed by atoms with van der Waals surface area (Å²) in [5.74, 6) is 0.601. The van der Waals surface area contributed by atoms with Crippen LogP contribution in [0.3, 0.4) is 0 Å². The summed E-state index contributed by atoms with van der Waals surface area (Å²) >= 11 is 12.3. The number of benzene rings is 2. The van der Waals surface area contributed by atoms with Gasteiger partial charge < -0.3 is 30.9 Å². The molecule has 0 amide bonds. The van der Waals surface area contributed by atoms with Crippen LogP contribution in [0, 0.1) is 11.8 Å². The van der Waals surface area contributed by atoms with Gasteiger partial charge >= 0.3 is 11.9 Å². The number of H-pyrrole nitrogens is 2. The lowest BCUT2D eigenvalue weighted by atomic mass is 9.97. The number of carbonyl (C=O) groups is 2. The Hall–Kier alpha value is -5.25. The van der Waals surface area contributed by atoms with Gasteiger partial charge in [0.05, 0.1) is 13.1 Å². The lowest BCUT2D eigenvalue weighted by molar-refractivity contribution is -0.156. The minimum Gasteiger partial charge on any atom is -0.480 e. The van der Waals surface area contributed by atoms with E-state index in [-0.39, 0.29) is 59.3 Å². The van der Waals surface area contributed by atoms with Crippen LogP contribution in [0.5, 0.6) is 0 Å². The van der Waals surface area contributed by atoms with Gasteiger partial charge in [-0.05, 0) is 115 Å². The predicted molar refractivity (Wildman–Crippen MR) is 278 cm³/mol. The Kier molecular flexibility index (Phi) is 21.1. The van der Waals surface area contributed by atoms with Crippen molar-refractivity contribution < 1.29 is 27.9 Å². The molecule has 8 rings (SSSR count). The predicted octanol–water partition coefficient (Wildman–Crippen LogP) is 6.73. The van der Waals surface area contributed by atoms with E-state index in [1.807, 2.05) is 37.8 Å². The van der Waals surface area contributed by atoms with Crippen molar-refractivity contribution in [2.24, 2.45) is 17.6 Å². The highest BCUT2D eigenvalue weighted by Gasteiger charge is 2.24. The summed E-state index contributed by atoms with van der Waals surface area (Å²) < 4.78 is 28.2. The normalized spacial score (nSPS) is 14.8. The third-order valence-corrected chi connectivity index (χ3v) is 12.8. The Bertz CT molecular complexity index is 2980. The summed E-state index contributed by atoms with van der Waals surface area (Å²) in [5, 5.41) is 14.0. The number of anilines is 1. The average Bonchev–Trinajstić information content (AvgIpc) is 3.28. The van der Waals surface area contributed by atoms with Gasteiger partial charge in [-0.1, -0.05) is 59.6 Å². The SMILES string of the molecule is CC(C)(C)OC(=O)CN1CCC(CN)CC1.CS(=O)(=O)c1ncc2cc(-c3ccccc3Cl)c(=O)[nH]c2n1.Cl.Cl.O=C(O)CN1CCC(CNc2ncc3cc(-c4ccccc4Cl)c(=O)[nH]c3n2)CC1. The Morgan fingerprint density at radius 3 is 1.71 bits per heavy atom. The van der Waals surface area contributed by atoms with E-state index in [0.29, 0.717) is 74.2 Å². The molecule has 70 heavy (non-hydrogen) atoms. The Balaban J connectivity index is 0.000000237. The Morgan fingerprint density at radius 2 is 1.24 bits per heavy atom. The van der Waals surface area contributed by atoms with Crippen molar-refractivity contribution in [2.45, 2.75) is 57.2 Å². The summed E-state index contributed by atoms with van der Waals surface area (Å²) in [5.41, 5.74) is 7.30. The molecule has 4 aromatic heterocycles. The number of hydrogen-bond donors (Lipinski definition) is 5. The number of rotatable bonds is 11. The third-order valence-electron chi connectivity index (χ3n) is 11.3. The second-order valence-corrected chi connectivity index (χ2v) is 20.5. The first-order valence-electron chi connectivity index (χ1n) is 22.1. The first-order valence-corrected chi connectivity index (χ1v) is 24.7. The second kappa shape index (κ2) is 25.7. The van der Waals surface area contributed by atoms with E-state index in [9.17, 15) is 27.6 Å². The van der Waals surface area contributed by atoms with E-state index in [1.54, 1.807) is 54.7 Å². The lowest BCUT2D eigenvalue weighted by Crippen LogP contribution is -2.40. The molecule has 0 atom stereocenters. The van der Waals surface area contributed by atoms with Crippen molar-refractivity contribution in [3.05, 3.63) is 104 Å². The molecule has 0 spiro atoms. The second-order valence-electron chi connectivity index (χ2n) is 17.7. The number of nitrogens with zero attached hydrogens (tertiary/aromatic N) is 6. The van der Waals surface area contributed by atoms with Gasteiger partial charge in [-0.25, -0.2) is 23.4 Å². The summed E-state index contributed by atoms with van der Waals surface area (Å²) in [6, 6.07) is 17.5. The number of likely N-dealkylation sites (tertiary alicyclic amines) is 2. The number of pyridine rings is 2. The molecule has 0 unspecified atom stereocenters. The number of nitrogens with one attached hydrogen (secondary N) is 3. The zero-order valence-corrected chi connectivity index (χ0v) is 43.1. The number of aromatic amines is 2. The standard InChI is InChI=1S/C21H22ClN5O3.C14H10ClN3O3S.C12H24N2O2.2ClH/c22-17-4-2-1-3-15(17)16-9-14-11-24-21(26-19(14)25-20(16)30)23-10-13-5-7-27(8-6-13)12-18(28)29;1-22(20,21)14-16-7-8-6-10(13(19)17-12(8)18-14)9-4-2-3-5-11(9)15;1-12(2,3)16-11(15)9-14-6-4-10(8-13)5-7-14;;/h1-4,9,11,13H,5-8,10,12H2,(H,28,29)(H2,23,24,25,26,30);2-7H,1H3,(H,16,17,18,19);10H,4-9,13H2,1-3H3;2*1H. The maximum absolute atomic E-state index is 12.6. The number of nitrogens with two attached hydrogens (primary N) is 1. The minimum absolute atomic E-state index is 0. The molecule has 6 N–H and O–H groups in total. The zero-order valence-electron chi connectivity index (χ0n) is 39.1. The van der Waals surface area contributed by atoms with Crippen LogP contribution in [0.15, 0.2) is 87.8 Å². The monoisotopic (exact) mass is 1060 g/mol. The summed E-state index contributed by atoms with van der Waals surface area (Å²) in [6.45, 7) is 11.1. The van der Waals surface area contributed by atoms with Crippen LogP contribution in [0.1, 0.15) is 46.5 Å². The van der Waals surface area contributed by atoms with Crippen molar-refractivity contribution in [3.63, 3.8) is 0 Å². The minimum atomic E-state index is -3.54. The van der Waals surface area contributed by atoms with Gasteiger partial charge in [-0.3, -0.25) is 29.0 Å². The number of esters is 1. The van der Waals surface area contributed by atoms with Crippen LogP contribution < -0.4 is 22.2 Å². The molecule has 2 fully saturated rings. The molecule has 6 heterocycles. The summed E-state index contributed by atoms with van der Waals surface area (Å²) in [4.78, 5) is 73.2. The van der Waals surface area contributed by atoms with Gasteiger partial charge in [0.15, 0.2) is 0 Å². The first kappa shape index (κ1) is 57.3. The van der Waals surface area contributed by atoms with E-state index in [0.717, 1.165) is 70.0 Å². The number of sulfone groups is 1. The first-order chi connectivity index (χ1) is 32.3. The number of hydrogen-bond acceptors (Lipinski definition) is 15. The number of piperidine rings is 2. The van der Waals surface area contributed by atoms with Crippen molar-refractivity contribution in [2.75, 3.05) is 63.9 Å². The van der Waals surface area contributed by atoms with Gasteiger partial charge in [-0.2, -0.15) is 4.98 Å². The van der Waals surface area contributed by atoms with Crippen molar-refractivity contribution >= 4 is 97.8 Å². The summed E-state index contributed by atoms with van der Waals surface area (Å²) in [7, 11) is -3.54. The van der Waals surface area contributed by atoms with Gasteiger partial charge in [0.2, 0.25) is 20.9 Å². The Labute approximate surface area is 427 Å². The number of carbonyl (C=O) groups excluding carboxylic acids is 1. The van der Waals surface area contributed by atoms with Crippen LogP contribution in [-0.4, -0.2) is 129 Å². The van der Waals surface area contributed by atoms with Crippen molar-refractivity contribution in [1.82, 2.24) is 39.7 Å². The van der Waals surface area contributed by atoms with Crippen LogP contribution in [-0.2, 0) is 24.2 Å². The molecule has 6 aromatic rings. The number of aliphatic carboxylic acids is 1. The molecule has 2 aromatic carbocycles. The van der Waals surface area contributed by atoms with E-state index in [2.05, 4.69) is 40.1 Å². The summed E-state index contributed by atoms with van der Waals surface area (Å²) in [6.07, 6.45) is 8.08. The number of aromatic nitrogens is 6. The fourth-order valence-corrected chi connectivity index (χ4v) is 8.68. The third kappa shape index (κ3) is 16.4. The van der Waals surface area contributed by atoms with E-state index in [4.69, 9.17) is 38.8 Å². The fraction of sp³-hybridized carbons (Fsp3) is 0.404. The van der Waals surface area contributed by atoms with Crippen LogP contribution in [0.2, 0.25) is 10.0 Å². The number of ether oxygens (including phenoxy) is 1. The maximum atomic E-state index is 12.6. The molecule has 378 valence electrons. The van der Waals surface area contributed by atoms with Gasteiger partial charge in [0, 0.05) is 68.3 Å². The molecule has 2 saturated heterocycles. The van der Waals surface area contributed by atoms with Crippen molar-refractivity contribution in [3.8, 4) is 22.3 Å². The number of fused-ring (bicyclic) bond motifs is 2. The van der Waals surface area contributed by atoms with Gasteiger partial charge in [0.1, 0.15) is 16.9 Å². The van der Waals surface area contributed by atoms with E-state index in [1.165, 1.54) is 6.20 Å². The average molecular weight is 1060 g/mol. The highest BCUT2D eigenvalue weighted by molar-refractivity contribution is 7.90. The Morgan fingerprint density at radius 1 is 0.771 bits per heavy atom. The van der Waals surface area contributed by atoms with Gasteiger partial charge in [0.25, 0.3) is 11.1 Å². The van der Waals surface area contributed by atoms with Crippen molar-refractivity contribution in [1.29, 1.82) is 0 Å². The highest BCUT2D eigenvalue weighted by atomic mass is 35.5. The van der Waals surface area contributed by atoms with Crippen LogP contribution in [0.4, 0.5) is 5.95 Å². The van der Waals surface area contributed by atoms with Crippen LogP contribution in [0.25, 0.3) is 44.3 Å². The van der Waals surface area contributed by atoms with Gasteiger partial charge in [-0.15, -0.1) is 24.8 Å². The smallest absolute Gasteiger partial charge is 0.320 e. The lowest BCUT2D eigenvalue weighted by Gasteiger charge is -2.31. The highest BCUT2D eigenvalue weighted by Crippen LogP contribution is 2.28. The molecular formula is C47H58Cl4N10O8S. The molecule has 0 bridgehead atoms. The number of carboxylic acid groups (broad SMARTS) is 1. The molecule has 0 aliphatic carbocycles. The number of halogens is 4. The fourth-order valence-electron chi connectivity index (χ4n) is 7.70. The molecule has 0 saturated carbocycles. The zero-order chi connectivity index (χ0) is 49.2. The van der Waals surface area contributed by atoms with Crippen LogP contribution >= 0.6 is 48.0 Å². The van der Waals surface area contributed by atoms with E-state index < -0.39 is 21.4 Å². The number of carboxylic acids is 1. The molecule has 18 nitrogen and oxygen atoms in total. The molecule has 2 aliphatic heterocycles.